The van der Waals surface area contributed by atoms with Gasteiger partial charge < -0.3 is 29.9 Å². The minimum atomic E-state index is -0.893. The summed E-state index contributed by atoms with van der Waals surface area (Å²) in [5.74, 6) is 2.11. The number of piperazine rings is 1. The highest BCUT2D eigenvalue weighted by molar-refractivity contribution is 7.17. The minimum Gasteiger partial charge on any atom is -0.490 e. The van der Waals surface area contributed by atoms with Crippen LogP contribution in [-0.2, 0) is 6.42 Å². The van der Waals surface area contributed by atoms with Crippen molar-refractivity contribution < 1.29 is 19.4 Å². The zero-order valence-corrected chi connectivity index (χ0v) is 22.3. The van der Waals surface area contributed by atoms with Crippen molar-refractivity contribution in [3.8, 4) is 17.0 Å². The molecule has 198 valence electrons. The highest BCUT2D eigenvalue weighted by Gasteiger charge is 2.35. The van der Waals surface area contributed by atoms with Crippen molar-refractivity contribution in [2.24, 2.45) is 0 Å². The first-order chi connectivity index (χ1) is 18.2. The second-order valence-corrected chi connectivity index (χ2v) is 11.4. The van der Waals surface area contributed by atoms with Crippen molar-refractivity contribution >= 4 is 40.0 Å². The van der Waals surface area contributed by atoms with Crippen LogP contribution in [0.2, 0.25) is 0 Å². The Labute approximate surface area is 224 Å². The number of rotatable bonds is 3. The first kappa shape index (κ1) is 24.4. The average molecular weight is 536 g/mol. The van der Waals surface area contributed by atoms with Crippen molar-refractivity contribution in [1.82, 2.24) is 25.2 Å². The number of carbonyl (C=O) groups is 2. The smallest absolute Gasteiger partial charge is 0.407 e. The largest absolute Gasteiger partial charge is 0.490 e. The maximum absolute atomic E-state index is 12.7. The third-order valence-corrected chi connectivity index (χ3v) is 8.12. The number of nitrogens with one attached hydrogen (secondary N) is 1. The first-order valence-corrected chi connectivity index (χ1v) is 13.4. The van der Waals surface area contributed by atoms with Crippen molar-refractivity contribution in [3.63, 3.8) is 0 Å². The van der Waals surface area contributed by atoms with Gasteiger partial charge in [0.1, 0.15) is 28.9 Å². The summed E-state index contributed by atoms with van der Waals surface area (Å²) in [6.07, 6.45) is -0.207. The molecule has 1 aromatic carbocycles. The number of amides is 2. The van der Waals surface area contributed by atoms with Crippen molar-refractivity contribution in [3.05, 3.63) is 40.7 Å². The molecule has 6 rings (SSSR count). The molecule has 0 spiro atoms. The third-order valence-electron chi connectivity index (χ3n) is 7.00. The quantitative estimate of drug-likeness (QED) is 0.520. The molecule has 2 amide bonds. The molecule has 0 unspecified atom stereocenters. The van der Waals surface area contributed by atoms with Gasteiger partial charge in [0.25, 0.3) is 5.91 Å². The van der Waals surface area contributed by atoms with Crippen LogP contribution in [0.5, 0.6) is 5.75 Å². The van der Waals surface area contributed by atoms with Gasteiger partial charge in [0.15, 0.2) is 5.13 Å². The SMILES string of the molecule is Cc1nc(-c2ccc3c(c2)N(c2nc4c(s2)C(=O)NC(C)(C)C4)CCO3)cc(N2CCN(C(=O)O)CC2)n1. The fraction of sp³-hybridized carbons (Fsp3) is 0.423. The van der Waals surface area contributed by atoms with Crippen LogP contribution in [0.4, 0.5) is 21.4 Å². The van der Waals surface area contributed by atoms with Crippen molar-refractivity contribution in [2.75, 3.05) is 49.1 Å². The normalized spacial score (nSPS) is 18.4. The number of anilines is 3. The molecule has 3 aromatic rings. The second-order valence-electron chi connectivity index (χ2n) is 10.4. The van der Waals surface area contributed by atoms with Gasteiger partial charge in [0.2, 0.25) is 0 Å². The molecule has 1 fully saturated rings. The molecule has 0 aliphatic carbocycles. The third kappa shape index (κ3) is 4.49. The highest BCUT2D eigenvalue weighted by Crippen LogP contribution is 2.42. The molecule has 0 bridgehead atoms. The number of benzene rings is 1. The monoisotopic (exact) mass is 535 g/mol. The molecule has 2 aromatic heterocycles. The second kappa shape index (κ2) is 9.12. The van der Waals surface area contributed by atoms with Crippen LogP contribution in [0.15, 0.2) is 24.3 Å². The van der Waals surface area contributed by atoms with Gasteiger partial charge in [0.05, 0.1) is 23.6 Å². The van der Waals surface area contributed by atoms with E-state index in [4.69, 9.17) is 14.7 Å². The van der Waals surface area contributed by atoms with Gasteiger partial charge in [-0.05, 0) is 39.0 Å². The molecule has 5 heterocycles. The lowest BCUT2D eigenvalue weighted by Gasteiger charge is -2.34. The maximum atomic E-state index is 12.7. The van der Waals surface area contributed by atoms with Crippen LogP contribution in [0.25, 0.3) is 11.3 Å². The van der Waals surface area contributed by atoms with E-state index >= 15 is 0 Å². The Hall–Kier alpha value is -3.93. The molecule has 3 aliphatic rings. The van der Waals surface area contributed by atoms with E-state index in [1.54, 1.807) is 0 Å². The van der Waals surface area contributed by atoms with Crippen LogP contribution < -0.4 is 19.9 Å². The lowest BCUT2D eigenvalue weighted by molar-refractivity contribution is 0.0900. The van der Waals surface area contributed by atoms with Crippen LogP contribution in [-0.4, -0.2) is 81.8 Å². The lowest BCUT2D eigenvalue weighted by Crippen LogP contribution is -2.48. The summed E-state index contributed by atoms with van der Waals surface area (Å²) in [7, 11) is 0. The first-order valence-electron chi connectivity index (χ1n) is 12.6. The number of hydrogen-bond donors (Lipinski definition) is 2. The zero-order valence-electron chi connectivity index (χ0n) is 21.5. The fourth-order valence-electron chi connectivity index (χ4n) is 5.14. The van der Waals surface area contributed by atoms with E-state index < -0.39 is 6.09 Å². The molecule has 3 aliphatic heterocycles. The predicted molar refractivity (Wildman–Crippen MR) is 144 cm³/mol. The van der Waals surface area contributed by atoms with Gasteiger partial charge in [-0.1, -0.05) is 11.3 Å². The summed E-state index contributed by atoms with van der Waals surface area (Å²) < 4.78 is 5.96. The molecular weight excluding hydrogens is 506 g/mol. The molecule has 2 N–H and O–H groups in total. The Bertz CT molecular complexity index is 1430. The summed E-state index contributed by atoms with van der Waals surface area (Å²) in [6.45, 7) is 9.04. The summed E-state index contributed by atoms with van der Waals surface area (Å²) in [5, 5.41) is 13.1. The number of ether oxygens (including phenoxy) is 1. The van der Waals surface area contributed by atoms with Crippen LogP contribution in [0.1, 0.15) is 35.0 Å². The van der Waals surface area contributed by atoms with Gasteiger partial charge in [-0.15, -0.1) is 0 Å². The zero-order chi connectivity index (χ0) is 26.6. The number of thiazole rings is 1. The molecule has 0 radical (unpaired) electrons. The number of fused-ring (bicyclic) bond motifs is 2. The molecule has 12 heteroatoms. The standard InChI is InChI=1S/C26H29N7O4S/c1-15-27-17(13-21(28-15)31-6-8-32(9-7-31)25(35)36)16-4-5-20-19(12-16)33(10-11-37-20)24-29-18-14-26(2,3)30-23(34)22(18)38-24/h4-5,12-13H,6-11,14H2,1-3H3,(H,30,34)(H,35,36). The number of hydrogen-bond acceptors (Lipinski definition) is 9. The Balaban J connectivity index is 1.32. The van der Waals surface area contributed by atoms with Crippen LogP contribution in [0, 0.1) is 6.92 Å². The maximum Gasteiger partial charge on any atom is 0.407 e. The Morgan fingerprint density at radius 1 is 1.11 bits per heavy atom. The molecule has 0 atom stereocenters. The van der Waals surface area contributed by atoms with Crippen molar-refractivity contribution in [2.45, 2.75) is 32.7 Å². The molecule has 0 saturated carbocycles. The van der Waals surface area contributed by atoms with E-state index in [1.165, 1.54) is 16.2 Å². The Morgan fingerprint density at radius 2 is 1.89 bits per heavy atom. The number of aromatic nitrogens is 3. The van der Waals surface area contributed by atoms with E-state index in [2.05, 4.69) is 20.1 Å². The lowest BCUT2D eigenvalue weighted by atomic mass is 9.94. The molecular formula is C26H29N7O4S. The van der Waals surface area contributed by atoms with Crippen LogP contribution in [0.3, 0.4) is 0 Å². The number of aryl methyl sites for hydroxylation is 1. The fourth-order valence-corrected chi connectivity index (χ4v) is 6.16. The Kier molecular flexibility index (Phi) is 5.86. The summed E-state index contributed by atoms with van der Waals surface area (Å²) in [5.41, 5.74) is 3.08. The topological polar surface area (TPSA) is 124 Å². The van der Waals surface area contributed by atoms with E-state index in [-0.39, 0.29) is 11.4 Å². The van der Waals surface area contributed by atoms with E-state index in [9.17, 15) is 14.7 Å². The van der Waals surface area contributed by atoms with E-state index in [1.807, 2.05) is 45.0 Å². The molecule has 38 heavy (non-hydrogen) atoms. The van der Waals surface area contributed by atoms with Gasteiger partial charge >= 0.3 is 6.09 Å². The molecule has 1 saturated heterocycles. The van der Waals surface area contributed by atoms with Crippen molar-refractivity contribution in [1.29, 1.82) is 0 Å². The van der Waals surface area contributed by atoms with E-state index in [0.29, 0.717) is 56.5 Å². The highest BCUT2D eigenvalue weighted by atomic mass is 32.1. The number of carboxylic acid groups (broad SMARTS) is 1. The van der Waals surface area contributed by atoms with Gasteiger partial charge in [-0.2, -0.15) is 0 Å². The number of carbonyl (C=O) groups excluding carboxylic acids is 1. The number of nitrogens with zero attached hydrogens (tertiary/aromatic N) is 6. The van der Waals surface area contributed by atoms with Gasteiger partial charge in [-0.25, -0.2) is 19.7 Å². The van der Waals surface area contributed by atoms with Crippen LogP contribution >= 0.6 is 11.3 Å². The Morgan fingerprint density at radius 3 is 2.66 bits per heavy atom. The predicted octanol–water partition coefficient (Wildman–Crippen LogP) is 3.30. The average Bonchev–Trinajstić information content (AvgIpc) is 3.31. The minimum absolute atomic E-state index is 0.0737. The van der Waals surface area contributed by atoms with Gasteiger partial charge in [0, 0.05) is 49.8 Å². The summed E-state index contributed by atoms with van der Waals surface area (Å²) in [6, 6.07) is 7.93. The summed E-state index contributed by atoms with van der Waals surface area (Å²) >= 11 is 1.41. The van der Waals surface area contributed by atoms with Gasteiger partial charge in [-0.3, -0.25) is 4.79 Å². The van der Waals surface area contributed by atoms with E-state index in [0.717, 1.165) is 39.3 Å². The molecule has 11 nitrogen and oxygen atoms in total. The summed E-state index contributed by atoms with van der Waals surface area (Å²) in [4.78, 5) is 44.5.